The van der Waals surface area contributed by atoms with Crippen LogP contribution >= 0.6 is 0 Å². The van der Waals surface area contributed by atoms with Crippen molar-refractivity contribution in [2.45, 2.75) is 13.8 Å². The number of hydrogen-bond donors (Lipinski definition) is 0. The number of hydrogen-bond acceptors (Lipinski definition) is 0. The Kier molecular flexibility index (Phi) is 11.8. The van der Waals surface area contributed by atoms with Gasteiger partial charge in [0.2, 0.25) is 0 Å². The molecule has 0 radical (unpaired) electrons. The molecule has 0 N–H and O–H groups in total. The summed E-state index contributed by atoms with van der Waals surface area (Å²) in [6.07, 6.45) is 0. The van der Waals surface area contributed by atoms with Gasteiger partial charge < -0.3 is 24.8 Å². The van der Waals surface area contributed by atoms with Crippen LogP contribution in [0.4, 0.5) is 0 Å². The number of fused-ring (bicyclic) bond motifs is 4. The molecule has 0 heterocycles. The molecular weight excluding hydrogens is 607 g/mol. The molecule has 3 heteroatoms. The van der Waals surface area contributed by atoms with Crippen molar-refractivity contribution in [3.8, 4) is 0 Å². The van der Waals surface area contributed by atoms with E-state index in [2.05, 4.69) is 159 Å². The molecule has 7 aromatic carbocycles. The maximum atomic E-state index is 2.24. The fourth-order valence-electron chi connectivity index (χ4n) is 4.76. The first-order valence-electron chi connectivity index (χ1n) is 12.9. The summed E-state index contributed by atoms with van der Waals surface area (Å²) in [5, 5.41) is 8.11. The van der Waals surface area contributed by atoms with Crippen LogP contribution in [0.2, 0.25) is 0 Å². The minimum Gasteiger partial charge on any atom is -0.126 e. The molecule has 0 saturated heterocycles. The van der Waals surface area contributed by atoms with Crippen molar-refractivity contribution in [1.29, 1.82) is 0 Å². The molecule has 0 bridgehead atoms. The number of rotatable bonds is 2. The van der Waals surface area contributed by atoms with Crippen molar-refractivity contribution in [3.05, 3.63) is 168 Å². The largest absolute Gasteiger partial charge is 0.126 e. The molecule has 0 spiro atoms. The Bertz CT molecular complexity index is 1700. The van der Waals surface area contributed by atoms with Gasteiger partial charge in [-0.25, -0.2) is 0 Å². The van der Waals surface area contributed by atoms with Crippen LogP contribution in [0.25, 0.3) is 32.3 Å². The Morgan fingerprint density at radius 2 is 0.975 bits per heavy atom. The second-order valence-electron chi connectivity index (χ2n) is 9.59. The van der Waals surface area contributed by atoms with E-state index in [9.17, 15) is 0 Å². The Morgan fingerprint density at radius 1 is 0.500 bits per heavy atom. The van der Waals surface area contributed by atoms with Gasteiger partial charge in [0.05, 0.1) is 0 Å². The molecule has 7 aromatic rings. The number of benzene rings is 5. The van der Waals surface area contributed by atoms with Crippen LogP contribution in [0.1, 0.15) is 22.3 Å². The van der Waals surface area contributed by atoms with E-state index in [0.29, 0.717) is 0 Å². The minimum absolute atomic E-state index is 0. The van der Waals surface area contributed by atoms with Gasteiger partial charge in [-0.15, -0.1) is 80.3 Å². The van der Waals surface area contributed by atoms with E-state index in [1.54, 1.807) is 0 Å². The molecule has 0 aliphatic rings. The Balaban J connectivity index is 0.000000162. The number of halogens is 2. The first-order valence-corrected chi connectivity index (χ1v) is 14.2. The SMILES string of the molecule is Cc1ccc2[cH-]c(C)cc2c1.[Cl-].[Cl-].[Zr+2]=[C](c1ccccc1)c1ccccc1.c1ccc2c(c1)[cH-]c1ccccc12. The van der Waals surface area contributed by atoms with E-state index >= 15 is 0 Å². The van der Waals surface area contributed by atoms with E-state index < -0.39 is 0 Å². The molecule has 40 heavy (non-hydrogen) atoms. The second kappa shape index (κ2) is 15.1. The average Bonchev–Trinajstić information content (AvgIpc) is 3.53. The van der Waals surface area contributed by atoms with E-state index in [4.69, 9.17) is 0 Å². The fourth-order valence-corrected chi connectivity index (χ4v) is 5.58. The third kappa shape index (κ3) is 7.76. The molecule has 0 aliphatic carbocycles. The quantitative estimate of drug-likeness (QED) is 0.254. The van der Waals surface area contributed by atoms with Crippen LogP contribution in [0.5, 0.6) is 0 Å². The van der Waals surface area contributed by atoms with Crippen molar-refractivity contribution in [3.63, 3.8) is 0 Å². The molecule has 0 fully saturated rings. The maximum absolute atomic E-state index is 2.24. The Labute approximate surface area is 264 Å². The summed E-state index contributed by atoms with van der Waals surface area (Å²) in [5.74, 6) is 0. The van der Waals surface area contributed by atoms with E-state index in [-0.39, 0.29) is 24.8 Å². The molecule has 0 amide bonds. The van der Waals surface area contributed by atoms with Crippen molar-refractivity contribution in [2.24, 2.45) is 0 Å². The van der Waals surface area contributed by atoms with Gasteiger partial charge in [0.15, 0.2) is 0 Å². The Morgan fingerprint density at radius 3 is 1.50 bits per heavy atom. The molecule has 0 aliphatic heterocycles. The summed E-state index contributed by atoms with van der Waals surface area (Å²) >= 11 is 1.46. The first-order chi connectivity index (χ1) is 18.6. The van der Waals surface area contributed by atoms with Crippen LogP contribution in [0.15, 0.2) is 146 Å². The third-order valence-corrected chi connectivity index (χ3v) is 8.08. The summed E-state index contributed by atoms with van der Waals surface area (Å²) in [7, 11) is 0. The molecule has 198 valence electrons. The Hall–Kier alpha value is -3.09. The van der Waals surface area contributed by atoms with Gasteiger partial charge in [0, 0.05) is 0 Å². The average molecular weight is 637 g/mol. The molecular formula is C37H30Cl2Zr-2. The van der Waals surface area contributed by atoms with Gasteiger partial charge in [-0.05, 0) is 6.92 Å². The van der Waals surface area contributed by atoms with Gasteiger partial charge in [-0.3, -0.25) is 0 Å². The normalized spacial score (nSPS) is 10.0. The van der Waals surface area contributed by atoms with Gasteiger partial charge >= 0.3 is 99.2 Å². The smallest absolute Gasteiger partial charge is 0.0771 e. The van der Waals surface area contributed by atoms with Gasteiger partial charge in [0.25, 0.3) is 0 Å². The second-order valence-corrected chi connectivity index (χ2v) is 10.8. The number of aryl methyl sites for hydroxylation is 2. The maximum Gasteiger partial charge on any atom is -0.0771 e. The summed E-state index contributed by atoms with van der Waals surface area (Å²) in [4.78, 5) is 0. The summed E-state index contributed by atoms with van der Waals surface area (Å²) in [6, 6.07) is 51.4. The van der Waals surface area contributed by atoms with Gasteiger partial charge in [-0.2, -0.15) is 6.07 Å². The third-order valence-electron chi connectivity index (χ3n) is 6.66. The predicted molar refractivity (Wildman–Crippen MR) is 162 cm³/mol. The van der Waals surface area contributed by atoms with Crippen molar-refractivity contribution in [1.82, 2.24) is 0 Å². The molecule has 0 atom stereocenters. The van der Waals surface area contributed by atoms with Gasteiger partial charge in [0.1, 0.15) is 0 Å². The van der Waals surface area contributed by atoms with Crippen LogP contribution in [0.3, 0.4) is 0 Å². The van der Waals surface area contributed by atoms with E-state index in [1.165, 1.54) is 82.0 Å². The monoisotopic (exact) mass is 634 g/mol. The first kappa shape index (κ1) is 31.4. The minimum atomic E-state index is 0. The van der Waals surface area contributed by atoms with E-state index in [1.807, 2.05) is 0 Å². The fraction of sp³-hybridized carbons (Fsp3) is 0.0541. The topological polar surface area (TPSA) is 0 Å². The predicted octanol–water partition coefficient (Wildman–Crippen LogP) is 3.70. The molecule has 0 unspecified atom stereocenters. The van der Waals surface area contributed by atoms with Gasteiger partial charge in [-0.1, -0.05) is 48.9 Å². The summed E-state index contributed by atoms with van der Waals surface area (Å²) < 4.78 is 1.42. The molecule has 7 rings (SSSR count). The van der Waals surface area contributed by atoms with Crippen LogP contribution in [0, 0.1) is 13.8 Å². The summed E-state index contributed by atoms with van der Waals surface area (Å²) in [5.41, 5.74) is 5.35. The molecule has 0 aromatic heterocycles. The zero-order chi connectivity index (χ0) is 26.3. The van der Waals surface area contributed by atoms with Crippen LogP contribution in [-0.2, 0) is 24.2 Å². The van der Waals surface area contributed by atoms with Crippen molar-refractivity contribution in [2.75, 3.05) is 0 Å². The van der Waals surface area contributed by atoms with Crippen molar-refractivity contribution < 1.29 is 49.0 Å². The van der Waals surface area contributed by atoms with Crippen LogP contribution in [-0.4, -0.2) is 3.21 Å². The molecule has 0 nitrogen and oxygen atoms in total. The van der Waals surface area contributed by atoms with Crippen molar-refractivity contribution >= 4 is 35.5 Å². The zero-order valence-corrected chi connectivity index (χ0v) is 26.6. The zero-order valence-electron chi connectivity index (χ0n) is 22.6. The van der Waals surface area contributed by atoms with Crippen LogP contribution < -0.4 is 24.8 Å². The summed E-state index contributed by atoms with van der Waals surface area (Å²) in [6.45, 7) is 4.26. The van der Waals surface area contributed by atoms with E-state index in [0.717, 1.165) is 0 Å². The molecule has 0 saturated carbocycles. The standard InChI is InChI=1S/C13H9.C13H10.C11H11.2ClH.Zr/c1-3-7-12-10(5-1)9-11-6-2-4-8-13(11)12;1-3-7-12(8-4-1)11-13-9-5-2-6-10-13;1-8-3-4-10-6-9(2)7-11(10)5-8;;;/h1-9H;1-10H;3-7H,1-2H3;2*1H;/q-1;;-1;;;+2/p-2.